The van der Waals surface area contributed by atoms with Crippen LogP contribution in [0.4, 0.5) is 5.69 Å². The van der Waals surface area contributed by atoms with E-state index in [1.165, 1.54) is 28.2 Å². The molecule has 24 heavy (non-hydrogen) atoms. The fourth-order valence-electron chi connectivity index (χ4n) is 2.99. The molecule has 0 saturated heterocycles. The largest absolute Gasteiger partial charge is 1.00 e. The van der Waals surface area contributed by atoms with E-state index in [9.17, 15) is 0 Å². The molecule has 1 aromatic heterocycles. The van der Waals surface area contributed by atoms with Gasteiger partial charge in [-0.05, 0) is 49.3 Å². The normalized spacial score (nSPS) is 14.2. The van der Waals surface area contributed by atoms with Gasteiger partial charge in [0.1, 0.15) is 0 Å². The van der Waals surface area contributed by atoms with Crippen LogP contribution in [0, 0.1) is 6.92 Å². The van der Waals surface area contributed by atoms with Crippen LogP contribution in [-0.2, 0) is 6.54 Å². The van der Waals surface area contributed by atoms with Crippen molar-refractivity contribution in [2.24, 2.45) is 0 Å². The number of benzene rings is 1. The molecule has 0 bridgehead atoms. The first-order chi connectivity index (χ1) is 11.2. The van der Waals surface area contributed by atoms with E-state index in [1.54, 1.807) is 0 Å². The maximum absolute atomic E-state index is 3.85. The number of likely N-dealkylation sites (N-methyl/N-ethyl adjacent to an activating group) is 1. The Labute approximate surface area is 161 Å². The van der Waals surface area contributed by atoms with Gasteiger partial charge in [0.15, 0.2) is 12.7 Å². The van der Waals surface area contributed by atoms with Crippen molar-refractivity contribution in [3.8, 4) is 0 Å². The second kappa shape index (κ2) is 8.29. The Hall–Kier alpha value is -1.88. The summed E-state index contributed by atoms with van der Waals surface area (Å²) >= 11 is 0. The van der Waals surface area contributed by atoms with Gasteiger partial charge in [-0.2, -0.15) is 4.57 Å². The number of rotatable bonds is 4. The van der Waals surface area contributed by atoms with E-state index in [1.807, 2.05) is 6.08 Å². The van der Waals surface area contributed by atoms with Crippen LogP contribution in [0.1, 0.15) is 23.7 Å². The highest BCUT2D eigenvalue weighted by molar-refractivity contribution is 5.79. The lowest BCUT2D eigenvalue weighted by atomic mass is 10.0. The van der Waals surface area contributed by atoms with Crippen molar-refractivity contribution < 1.29 is 28.5 Å². The number of pyridine rings is 1. The predicted molar refractivity (Wildman–Crippen MR) is 98.0 cm³/mol. The summed E-state index contributed by atoms with van der Waals surface area (Å²) in [4.78, 5) is 2.37. The van der Waals surface area contributed by atoms with Crippen LogP contribution in [0.5, 0.6) is 0 Å². The Morgan fingerprint density at radius 1 is 1.17 bits per heavy atom. The molecular weight excluding hydrogens is 407 g/mol. The van der Waals surface area contributed by atoms with Gasteiger partial charge in [0, 0.05) is 36.1 Å². The van der Waals surface area contributed by atoms with Gasteiger partial charge in [-0.15, -0.1) is 0 Å². The summed E-state index contributed by atoms with van der Waals surface area (Å²) in [5, 5.41) is 0. The molecule has 0 saturated carbocycles. The number of hydrogen-bond donors (Lipinski definition) is 0. The smallest absolute Gasteiger partial charge is 0.207 e. The van der Waals surface area contributed by atoms with Gasteiger partial charge in [0.25, 0.3) is 0 Å². The molecule has 2 aromatic rings. The number of aromatic nitrogens is 1. The van der Waals surface area contributed by atoms with Crippen LogP contribution < -0.4 is 33.4 Å². The summed E-state index contributed by atoms with van der Waals surface area (Å²) in [6, 6.07) is 12.9. The first-order valence-electron chi connectivity index (χ1n) is 8.10. The molecule has 1 aliphatic rings. The summed E-state index contributed by atoms with van der Waals surface area (Å²) in [6.07, 6.45) is 10.7. The van der Waals surface area contributed by atoms with Gasteiger partial charge in [0.05, 0.1) is 0 Å². The Bertz CT molecular complexity index is 790. The van der Waals surface area contributed by atoms with Crippen LogP contribution in [0.15, 0.2) is 67.0 Å². The third kappa shape index (κ3) is 3.78. The van der Waals surface area contributed by atoms with Crippen molar-refractivity contribution in [3.63, 3.8) is 0 Å². The quantitative estimate of drug-likeness (QED) is 0.404. The SMILES string of the molecule is C=CC[n+]1ccccc1/C=C1\C=Cc2ccc(C)cc2N1CC.[I-]. The van der Waals surface area contributed by atoms with Gasteiger partial charge < -0.3 is 28.9 Å². The fourth-order valence-corrected chi connectivity index (χ4v) is 2.99. The van der Waals surface area contributed by atoms with Crippen LogP contribution in [0.2, 0.25) is 0 Å². The molecule has 0 aliphatic carbocycles. The van der Waals surface area contributed by atoms with Crippen LogP contribution in [0.25, 0.3) is 12.2 Å². The van der Waals surface area contributed by atoms with E-state index in [4.69, 9.17) is 0 Å². The molecule has 0 amide bonds. The number of anilines is 1. The lowest BCUT2D eigenvalue weighted by Crippen LogP contribution is -3.00. The summed E-state index contributed by atoms with van der Waals surface area (Å²) in [5.41, 5.74) is 6.25. The Morgan fingerprint density at radius 3 is 2.75 bits per heavy atom. The molecule has 1 aromatic carbocycles. The van der Waals surface area contributed by atoms with E-state index in [2.05, 4.69) is 90.7 Å². The van der Waals surface area contributed by atoms with Gasteiger partial charge in [-0.25, -0.2) is 0 Å². The third-order valence-electron chi connectivity index (χ3n) is 4.14. The molecule has 124 valence electrons. The lowest BCUT2D eigenvalue weighted by molar-refractivity contribution is -0.688. The molecule has 0 fully saturated rings. The summed E-state index contributed by atoms with van der Waals surface area (Å²) in [6.45, 7) is 9.95. The zero-order valence-electron chi connectivity index (χ0n) is 14.2. The molecule has 3 heteroatoms. The third-order valence-corrected chi connectivity index (χ3v) is 4.14. The highest BCUT2D eigenvalue weighted by Crippen LogP contribution is 2.32. The van der Waals surface area contributed by atoms with E-state index in [0.29, 0.717) is 0 Å². The van der Waals surface area contributed by atoms with E-state index >= 15 is 0 Å². The summed E-state index contributed by atoms with van der Waals surface area (Å²) < 4.78 is 2.20. The standard InChI is InChI=1S/C21H23N2.HI/c1-4-13-22-14-7-6-8-19(22)16-20-12-11-18-10-9-17(3)15-21(18)23(20)5-2;/h4,6-12,14-16H,1,5,13H2,2-3H3;1H/q+1;/p-1. The Kier molecular flexibility index (Phi) is 6.37. The highest BCUT2D eigenvalue weighted by atomic mass is 127. The molecule has 3 rings (SSSR count). The van der Waals surface area contributed by atoms with Crippen LogP contribution in [-0.4, -0.2) is 6.54 Å². The van der Waals surface area contributed by atoms with Crippen LogP contribution in [0.3, 0.4) is 0 Å². The predicted octanol–water partition coefficient (Wildman–Crippen LogP) is 1.37. The van der Waals surface area contributed by atoms with Crippen molar-refractivity contribution in [3.05, 3.63) is 83.8 Å². The molecule has 1 aliphatic heterocycles. The Balaban J connectivity index is 0.00000208. The first kappa shape index (κ1) is 18.5. The number of halogens is 1. The number of fused-ring (bicyclic) bond motifs is 1. The zero-order chi connectivity index (χ0) is 16.2. The maximum atomic E-state index is 3.85. The highest BCUT2D eigenvalue weighted by Gasteiger charge is 2.17. The molecule has 0 unspecified atom stereocenters. The molecular formula is C21H23IN2. The summed E-state index contributed by atoms with van der Waals surface area (Å²) in [5.74, 6) is 0. The molecule has 0 N–H and O–H groups in total. The minimum atomic E-state index is 0. The molecule has 2 nitrogen and oxygen atoms in total. The minimum absolute atomic E-state index is 0. The van der Waals surface area contributed by atoms with E-state index in [-0.39, 0.29) is 24.0 Å². The lowest BCUT2D eigenvalue weighted by Gasteiger charge is -2.29. The van der Waals surface area contributed by atoms with Crippen molar-refractivity contribution in [1.29, 1.82) is 0 Å². The topological polar surface area (TPSA) is 7.12 Å². The summed E-state index contributed by atoms with van der Waals surface area (Å²) in [7, 11) is 0. The van der Waals surface area contributed by atoms with Gasteiger partial charge in [-0.1, -0.05) is 24.8 Å². The number of aryl methyl sites for hydroxylation is 1. The average Bonchev–Trinajstić information content (AvgIpc) is 2.56. The van der Waals surface area contributed by atoms with Gasteiger partial charge in [0.2, 0.25) is 5.69 Å². The molecule has 0 radical (unpaired) electrons. The molecule has 0 atom stereocenters. The van der Waals surface area contributed by atoms with E-state index in [0.717, 1.165) is 13.1 Å². The second-order valence-corrected chi connectivity index (χ2v) is 5.78. The van der Waals surface area contributed by atoms with E-state index < -0.39 is 0 Å². The minimum Gasteiger partial charge on any atom is -1.00 e. The van der Waals surface area contributed by atoms with Gasteiger partial charge >= 0.3 is 0 Å². The number of nitrogens with zero attached hydrogens (tertiary/aromatic N) is 2. The van der Waals surface area contributed by atoms with Crippen molar-refractivity contribution >= 4 is 17.8 Å². The van der Waals surface area contributed by atoms with Gasteiger partial charge in [-0.3, -0.25) is 0 Å². The van der Waals surface area contributed by atoms with Crippen molar-refractivity contribution in [1.82, 2.24) is 0 Å². The van der Waals surface area contributed by atoms with Crippen LogP contribution >= 0.6 is 0 Å². The second-order valence-electron chi connectivity index (χ2n) is 5.78. The monoisotopic (exact) mass is 430 g/mol. The fraction of sp³-hybridized carbons (Fsp3) is 0.190. The number of allylic oxidation sites excluding steroid dienone is 2. The maximum Gasteiger partial charge on any atom is 0.207 e. The molecule has 2 heterocycles. The molecule has 0 spiro atoms. The van der Waals surface area contributed by atoms with Crippen molar-refractivity contribution in [2.75, 3.05) is 11.4 Å². The van der Waals surface area contributed by atoms with Crippen molar-refractivity contribution in [2.45, 2.75) is 20.4 Å². The number of hydrogen-bond acceptors (Lipinski definition) is 1. The zero-order valence-corrected chi connectivity index (χ0v) is 16.4. The average molecular weight is 430 g/mol. The first-order valence-corrected chi connectivity index (χ1v) is 8.10. The Morgan fingerprint density at radius 2 is 2.00 bits per heavy atom.